The number of likely N-dealkylation sites (tertiary alicyclic amines) is 1. The van der Waals surface area contributed by atoms with E-state index in [-0.39, 0.29) is 36.4 Å². The molecule has 224 valence electrons. The molecule has 0 saturated carbocycles. The van der Waals surface area contributed by atoms with Crippen molar-refractivity contribution in [2.75, 3.05) is 26.8 Å². The quantitative estimate of drug-likeness (QED) is 0.480. The number of aryl methyl sites for hydroxylation is 1. The van der Waals surface area contributed by atoms with Crippen LogP contribution in [-0.4, -0.2) is 61.6 Å². The summed E-state index contributed by atoms with van der Waals surface area (Å²) >= 11 is 0. The van der Waals surface area contributed by atoms with Crippen LogP contribution in [-0.2, 0) is 40.2 Å². The molecule has 3 amide bonds. The Hall–Kier alpha value is -4.53. The van der Waals surface area contributed by atoms with Gasteiger partial charge in [-0.2, -0.15) is 0 Å². The van der Waals surface area contributed by atoms with E-state index in [2.05, 4.69) is 22.8 Å². The summed E-state index contributed by atoms with van der Waals surface area (Å²) in [5.74, 6) is 1.26. The van der Waals surface area contributed by atoms with Gasteiger partial charge < -0.3 is 29.7 Å². The molecule has 43 heavy (non-hydrogen) atoms. The Labute approximate surface area is 251 Å². The molecule has 3 aromatic carbocycles. The highest BCUT2D eigenvalue weighted by molar-refractivity contribution is 5.81. The van der Waals surface area contributed by atoms with Crippen molar-refractivity contribution in [1.82, 2.24) is 15.5 Å². The monoisotopic (exact) mass is 583 g/mol. The van der Waals surface area contributed by atoms with Crippen molar-refractivity contribution in [3.63, 3.8) is 0 Å². The van der Waals surface area contributed by atoms with Gasteiger partial charge in [0.25, 0.3) is 5.91 Å². The maximum Gasteiger partial charge on any atom is 0.258 e. The number of methoxy groups -OCH3 is 1. The molecule has 9 nitrogen and oxygen atoms in total. The lowest BCUT2D eigenvalue weighted by Crippen LogP contribution is -2.59. The number of nitrogens with one attached hydrogen (secondary N) is 2. The van der Waals surface area contributed by atoms with Gasteiger partial charge in [0.15, 0.2) is 18.1 Å². The minimum absolute atomic E-state index is 0.0451. The summed E-state index contributed by atoms with van der Waals surface area (Å²) in [7, 11) is 1.54. The lowest BCUT2D eigenvalue weighted by molar-refractivity contribution is -0.139. The van der Waals surface area contributed by atoms with Crippen molar-refractivity contribution < 1.29 is 28.6 Å². The van der Waals surface area contributed by atoms with Crippen LogP contribution in [0.1, 0.15) is 35.1 Å². The van der Waals surface area contributed by atoms with Gasteiger partial charge in [-0.25, -0.2) is 0 Å². The summed E-state index contributed by atoms with van der Waals surface area (Å²) in [5.41, 5.74) is 4.36. The third-order valence-electron chi connectivity index (χ3n) is 8.54. The van der Waals surface area contributed by atoms with E-state index in [1.807, 2.05) is 53.4 Å². The Morgan fingerprint density at radius 2 is 1.67 bits per heavy atom. The largest absolute Gasteiger partial charge is 0.493 e. The topological polar surface area (TPSA) is 106 Å². The first kappa shape index (κ1) is 28.6. The van der Waals surface area contributed by atoms with E-state index in [4.69, 9.17) is 14.2 Å². The predicted molar refractivity (Wildman–Crippen MR) is 160 cm³/mol. The zero-order chi connectivity index (χ0) is 29.8. The minimum Gasteiger partial charge on any atom is -0.493 e. The van der Waals surface area contributed by atoms with Crippen LogP contribution < -0.4 is 24.8 Å². The normalized spacial score (nSPS) is 21.1. The molecule has 5 heterocycles. The van der Waals surface area contributed by atoms with Crippen LogP contribution in [0, 0.1) is 5.92 Å². The summed E-state index contributed by atoms with van der Waals surface area (Å²) in [6.45, 7) is 1.10. The van der Waals surface area contributed by atoms with E-state index >= 15 is 0 Å². The van der Waals surface area contributed by atoms with Gasteiger partial charge in [0.05, 0.1) is 13.2 Å². The number of ether oxygens (including phenoxy) is 3. The molecule has 9 rings (SSSR count). The van der Waals surface area contributed by atoms with Gasteiger partial charge in [-0.3, -0.25) is 14.4 Å². The molecule has 1 saturated heterocycles. The SMILES string of the molecule is COc1cc2ccc1OCC(=O)N[C@@H]1CN(C(=O)C3Cc4ccccc4C3)CC[C@H]1Oc1ccc(cc1)CNC(=O)CC2. The third kappa shape index (κ3) is 6.77. The average Bonchev–Trinajstić information content (AvgIpc) is 3.47. The fourth-order valence-electron chi connectivity index (χ4n) is 6.19. The first-order valence-corrected chi connectivity index (χ1v) is 14.9. The number of fused-ring (bicyclic) bond motifs is 1. The second-order valence-electron chi connectivity index (χ2n) is 11.5. The van der Waals surface area contributed by atoms with E-state index < -0.39 is 6.04 Å². The molecule has 1 aliphatic carbocycles. The van der Waals surface area contributed by atoms with Crippen LogP contribution in [0.3, 0.4) is 0 Å². The van der Waals surface area contributed by atoms with Gasteiger partial charge >= 0.3 is 0 Å². The highest BCUT2D eigenvalue weighted by Gasteiger charge is 2.38. The molecule has 1 fully saturated rings. The summed E-state index contributed by atoms with van der Waals surface area (Å²) < 4.78 is 17.7. The Bertz CT molecular complexity index is 1460. The molecule has 0 spiro atoms. The van der Waals surface area contributed by atoms with Crippen LogP contribution in [0.4, 0.5) is 0 Å². The highest BCUT2D eigenvalue weighted by Crippen LogP contribution is 2.30. The molecule has 2 N–H and O–H groups in total. The number of carbonyl (C=O) groups is 3. The van der Waals surface area contributed by atoms with Gasteiger partial charge in [0.2, 0.25) is 11.8 Å². The van der Waals surface area contributed by atoms with Gasteiger partial charge in [0, 0.05) is 38.4 Å². The molecular weight excluding hydrogens is 546 g/mol. The number of carbonyl (C=O) groups excluding carboxylic acids is 3. The van der Waals surface area contributed by atoms with Gasteiger partial charge in [0.1, 0.15) is 11.9 Å². The number of hydrogen-bond donors (Lipinski definition) is 2. The molecule has 0 radical (unpaired) electrons. The molecule has 6 aliphatic rings. The molecule has 4 bridgehead atoms. The van der Waals surface area contributed by atoms with Crippen molar-refractivity contribution >= 4 is 17.7 Å². The van der Waals surface area contributed by atoms with Crippen molar-refractivity contribution in [2.24, 2.45) is 5.92 Å². The standard InChI is InChI=1S/C34H37N3O6/c1-41-31-16-22-8-12-30(31)42-21-33(39)36-28-20-37(34(40)26-17-24-4-2-3-5-25(24)18-26)15-14-29(28)43-27-10-6-23(7-11-27)19-35-32(38)13-9-22/h2-8,10-12,16,26,28-29H,9,13-15,17-21H2,1H3,(H,35,38)(H,36,39)/t28-,29-/m1/s1. The Balaban J connectivity index is 1.20. The van der Waals surface area contributed by atoms with E-state index in [0.717, 1.165) is 24.0 Å². The summed E-state index contributed by atoms with van der Waals surface area (Å²) in [6.07, 6.45) is 2.60. The number of rotatable bonds is 2. The lowest BCUT2D eigenvalue weighted by atomic mass is 9.98. The third-order valence-corrected chi connectivity index (χ3v) is 8.54. The summed E-state index contributed by atoms with van der Waals surface area (Å²) in [5, 5.41) is 6.06. The number of piperidine rings is 1. The maximum atomic E-state index is 13.6. The van der Waals surface area contributed by atoms with Gasteiger partial charge in [-0.05, 0) is 65.8 Å². The van der Waals surface area contributed by atoms with Crippen molar-refractivity contribution in [3.8, 4) is 17.2 Å². The van der Waals surface area contributed by atoms with Crippen molar-refractivity contribution in [1.29, 1.82) is 0 Å². The van der Waals surface area contributed by atoms with Crippen LogP contribution >= 0.6 is 0 Å². The smallest absolute Gasteiger partial charge is 0.258 e. The van der Waals surface area contributed by atoms with Crippen molar-refractivity contribution in [3.05, 3.63) is 89.0 Å². The number of amides is 3. The first-order valence-electron chi connectivity index (χ1n) is 14.9. The molecular formula is C34H37N3O6. The lowest BCUT2D eigenvalue weighted by Gasteiger charge is -2.39. The molecule has 2 atom stereocenters. The first-order chi connectivity index (χ1) is 20.9. The predicted octanol–water partition coefficient (Wildman–Crippen LogP) is 3.22. The van der Waals surface area contributed by atoms with Crippen LogP contribution in [0.15, 0.2) is 66.7 Å². The Kier molecular flexibility index (Phi) is 8.49. The maximum absolute atomic E-state index is 13.6. The number of hydrogen-bond acceptors (Lipinski definition) is 6. The summed E-state index contributed by atoms with van der Waals surface area (Å²) in [6, 6.07) is 20.9. The second kappa shape index (κ2) is 12.8. The van der Waals surface area contributed by atoms with E-state index in [1.54, 1.807) is 13.2 Å². The fraction of sp³-hybridized carbons (Fsp3) is 0.382. The highest BCUT2D eigenvalue weighted by atomic mass is 16.5. The average molecular weight is 584 g/mol. The van der Waals surface area contributed by atoms with E-state index in [1.165, 1.54) is 11.1 Å². The van der Waals surface area contributed by atoms with E-state index in [0.29, 0.717) is 56.1 Å². The van der Waals surface area contributed by atoms with Gasteiger partial charge in [-0.15, -0.1) is 0 Å². The molecule has 3 aromatic rings. The molecule has 9 heteroatoms. The molecule has 5 aliphatic heterocycles. The zero-order valence-electron chi connectivity index (χ0n) is 24.3. The van der Waals surface area contributed by atoms with Crippen LogP contribution in [0.5, 0.6) is 17.2 Å². The Morgan fingerprint density at radius 1 is 0.930 bits per heavy atom. The molecule has 0 unspecified atom stereocenters. The number of benzene rings is 3. The van der Waals surface area contributed by atoms with Crippen LogP contribution in [0.2, 0.25) is 0 Å². The summed E-state index contributed by atoms with van der Waals surface area (Å²) in [4.78, 5) is 41.2. The zero-order valence-corrected chi connectivity index (χ0v) is 24.3. The number of nitrogens with zero attached hydrogens (tertiary/aromatic N) is 1. The van der Waals surface area contributed by atoms with Crippen molar-refractivity contribution in [2.45, 2.75) is 50.8 Å². The molecule has 0 aromatic heterocycles. The minimum atomic E-state index is -0.425. The fourth-order valence-corrected chi connectivity index (χ4v) is 6.19. The van der Waals surface area contributed by atoms with E-state index in [9.17, 15) is 14.4 Å². The van der Waals surface area contributed by atoms with Crippen LogP contribution in [0.25, 0.3) is 0 Å². The second-order valence-corrected chi connectivity index (χ2v) is 11.5. The van der Waals surface area contributed by atoms with Gasteiger partial charge in [-0.1, -0.05) is 42.5 Å². The Morgan fingerprint density at radius 3 is 2.42 bits per heavy atom.